The molecule has 0 saturated carbocycles. The van der Waals surface area contributed by atoms with Gasteiger partial charge in [0.05, 0.1) is 35.5 Å². The second kappa shape index (κ2) is 7.76. The van der Waals surface area contributed by atoms with Crippen LogP contribution in [0.2, 0.25) is 0 Å². The Kier molecular flexibility index (Phi) is 5.42. The van der Waals surface area contributed by atoms with Crippen molar-refractivity contribution in [2.45, 2.75) is 25.2 Å². The highest BCUT2D eigenvalue weighted by atomic mass is 32.2. The molecule has 0 aromatic heterocycles. The zero-order valence-electron chi connectivity index (χ0n) is 14.7. The lowest BCUT2D eigenvalue weighted by Crippen LogP contribution is -2.31. The van der Waals surface area contributed by atoms with Gasteiger partial charge in [0.1, 0.15) is 0 Å². The molecule has 0 spiro atoms. The van der Waals surface area contributed by atoms with Crippen molar-refractivity contribution >= 4 is 23.5 Å². The Morgan fingerprint density at radius 2 is 2.26 bits per heavy atom. The van der Waals surface area contributed by atoms with Gasteiger partial charge in [-0.3, -0.25) is 9.59 Å². The van der Waals surface area contributed by atoms with Gasteiger partial charge >= 0.3 is 0 Å². The maximum absolute atomic E-state index is 12.7. The third-order valence-corrected chi connectivity index (χ3v) is 5.60. The van der Waals surface area contributed by atoms with Gasteiger partial charge in [0.25, 0.3) is 0 Å². The number of rotatable bonds is 5. The summed E-state index contributed by atoms with van der Waals surface area (Å²) in [5.74, 6) is -0.814. The number of methoxy groups -OCH3 is 1. The number of aromatic hydroxyl groups is 1. The molecule has 1 aliphatic heterocycles. The summed E-state index contributed by atoms with van der Waals surface area (Å²) in [5, 5.41) is 23.4. The van der Waals surface area contributed by atoms with E-state index in [9.17, 15) is 20.0 Å². The second-order valence-electron chi connectivity index (χ2n) is 6.27. The lowest BCUT2D eigenvalue weighted by molar-refractivity contribution is -0.116. The second-order valence-corrected chi connectivity index (χ2v) is 7.25. The third-order valence-electron chi connectivity index (χ3n) is 4.56. The number of hydrogen-bond acceptors (Lipinski definition) is 7. The normalized spacial score (nSPS) is 19.3. The third kappa shape index (κ3) is 3.64. The molecule has 140 valence electrons. The number of thioether (sulfide) groups is 1. The number of phenolic OH excluding ortho intramolecular Hbond substituents is 1. The molecule has 3 rings (SSSR count). The first-order valence-corrected chi connectivity index (χ1v) is 9.40. The molecule has 1 aromatic carbocycles. The van der Waals surface area contributed by atoms with Crippen LogP contribution in [0.3, 0.4) is 0 Å². The van der Waals surface area contributed by atoms with Gasteiger partial charge in [-0.1, -0.05) is 17.8 Å². The van der Waals surface area contributed by atoms with E-state index >= 15 is 0 Å². The molecule has 1 aliphatic carbocycles. The minimum absolute atomic E-state index is 0.00695. The Labute approximate surface area is 160 Å². The van der Waals surface area contributed by atoms with E-state index < -0.39 is 11.8 Å². The summed E-state index contributed by atoms with van der Waals surface area (Å²) in [6, 6.07) is 6.97. The molecule has 1 amide bonds. The molecule has 4 N–H and O–H groups in total. The van der Waals surface area contributed by atoms with E-state index in [4.69, 9.17) is 10.5 Å². The van der Waals surface area contributed by atoms with Gasteiger partial charge in [-0.15, -0.1) is 0 Å². The number of primary amides is 1. The molecular weight excluding hydrogens is 366 g/mol. The number of phenols is 1. The summed E-state index contributed by atoms with van der Waals surface area (Å²) in [4.78, 5) is 23.9. The number of Topliss-reactive ketones (excluding diaryl/α,β-unsaturated/α-hetero) is 1. The molecule has 0 radical (unpaired) electrons. The fourth-order valence-electron chi connectivity index (χ4n) is 3.39. The van der Waals surface area contributed by atoms with Gasteiger partial charge in [0.15, 0.2) is 17.3 Å². The van der Waals surface area contributed by atoms with Gasteiger partial charge in [-0.25, -0.2) is 0 Å². The Morgan fingerprint density at radius 3 is 2.93 bits per heavy atom. The van der Waals surface area contributed by atoms with E-state index in [1.54, 1.807) is 12.1 Å². The number of dihydropyridines is 1. The van der Waals surface area contributed by atoms with Crippen LogP contribution in [-0.4, -0.2) is 29.7 Å². The van der Waals surface area contributed by atoms with Crippen molar-refractivity contribution in [3.8, 4) is 17.6 Å². The molecule has 2 aliphatic rings. The average Bonchev–Trinajstić information content (AvgIpc) is 2.65. The number of ether oxygens (including phenoxy) is 1. The van der Waals surface area contributed by atoms with Crippen molar-refractivity contribution in [1.29, 1.82) is 5.26 Å². The van der Waals surface area contributed by atoms with Crippen molar-refractivity contribution in [3.05, 3.63) is 45.6 Å². The van der Waals surface area contributed by atoms with Gasteiger partial charge in [-0.05, 0) is 30.5 Å². The largest absolute Gasteiger partial charge is 0.504 e. The lowest BCUT2D eigenvalue weighted by Gasteiger charge is -2.33. The smallest absolute Gasteiger partial charge is 0.227 e. The maximum Gasteiger partial charge on any atom is 0.227 e. The Bertz CT molecular complexity index is 914. The topological polar surface area (TPSA) is 125 Å². The van der Waals surface area contributed by atoms with Crippen LogP contribution in [0.4, 0.5) is 0 Å². The molecule has 0 bridgehead atoms. The standard InChI is InChI=1S/C19H19N3O4S/c1-26-15-7-10(5-6-13(15)23)17-11(8-20)19(27-9-16(21)25)22-12-3-2-4-14(24)18(12)17/h5-7,17,22-23H,2-4,9H2,1H3,(H2,21,25)/t17-/m0/s1. The predicted molar refractivity (Wildman–Crippen MR) is 101 cm³/mol. The molecule has 0 saturated heterocycles. The highest BCUT2D eigenvalue weighted by molar-refractivity contribution is 8.03. The van der Waals surface area contributed by atoms with Crippen molar-refractivity contribution in [2.24, 2.45) is 5.73 Å². The summed E-state index contributed by atoms with van der Waals surface area (Å²) in [6.45, 7) is 0. The van der Waals surface area contributed by atoms with E-state index in [2.05, 4.69) is 11.4 Å². The monoisotopic (exact) mass is 385 g/mol. The van der Waals surface area contributed by atoms with Crippen LogP contribution in [0.5, 0.6) is 11.5 Å². The number of nitrogens with one attached hydrogen (secondary N) is 1. The van der Waals surface area contributed by atoms with Crippen LogP contribution in [0.25, 0.3) is 0 Å². The summed E-state index contributed by atoms with van der Waals surface area (Å²) in [7, 11) is 1.44. The van der Waals surface area contributed by atoms with E-state index in [1.807, 2.05) is 0 Å². The summed E-state index contributed by atoms with van der Waals surface area (Å²) in [5.41, 5.74) is 7.60. The number of carbonyl (C=O) groups is 2. The summed E-state index contributed by atoms with van der Waals surface area (Å²) < 4.78 is 5.18. The van der Waals surface area contributed by atoms with Gasteiger partial charge in [0, 0.05) is 17.7 Å². The molecule has 0 unspecified atom stereocenters. The van der Waals surface area contributed by atoms with Gasteiger partial charge < -0.3 is 20.9 Å². The van der Waals surface area contributed by atoms with Crippen LogP contribution >= 0.6 is 11.8 Å². The van der Waals surface area contributed by atoms with Crippen molar-refractivity contribution in [1.82, 2.24) is 5.32 Å². The number of nitrogens with zero attached hydrogens (tertiary/aromatic N) is 1. The highest BCUT2D eigenvalue weighted by Crippen LogP contribution is 2.45. The number of carbonyl (C=O) groups excluding carboxylic acids is 2. The number of benzene rings is 1. The Hall–Kier alpha value is -2.92. The minimum Gasteiger partial charge on any atom is -0.504 e. The predicted octanol–water partition coefficient (Wildman–Crippen LogP) is 2.05. The zero-order chi connectivity index (χ0) is 19.6. The zero-order valence-corrected chi connectivity index (χ0v) is 15.6. The van der Waals surface area contributed by atoms with Crippen LogP contribution in [-0.2, 0) is 9.59 Å². The van der Waals surface area contributed by atoms with Crippen LogP contribution in [0.1, 0.15) is 30.7 Å². The lowest BCUT2D eigenvalue weighted by atomic mass is 9.77. The van der Waals surface area contributed by atoms with E-state index in [1.165, 1.54) is 13.2 Å². The SMILES string of the molecule is COc1cc([C@H]2C(C#N)=C(SCC(N)=O)NC3=C2C(=O)CCC3)ccc1O. The van der Waals surface area contributed by atoms with Crippen molar-refractivity contribution in [2.75, 3.05) is 12.9 Å². The summed E-state index contributed by atoms with van der Waals surface area (Å²) >= 11 is 1.15. The molecule has 1 aromatic rings. The van der Waals surface area contributed by atoms with Gasteiger partial charge in [-0.2, -0.15) is 5.26 Å². The van der Waals surface area contributed by atoms with Crippen LogP contribution in [0.15, 0.2) is 40.1 Å². The fraction of sp³-hybridized carbons (Fsp3) is 0.316. The Morgan fingerprint density at radius 1 is 1.48 bits per heavy atom. The van der Waals surface area contributed by atoms with E-state index in [0.717, 1.165) is 23.9 Å². The molecule has 1 heterocycles. The summed E-state index contributed by atoms with van der Waals surface area (Å²) in [6.07, 6.45) is 1.84. The van der Waals surface area contributed by atoms with Crippen LogP contribution < -0.4 is 15.8 Å². The number of hydrogen-bond donors (Lipinski definition) is 3. The molecule has 0 fully saturated rings. The molecule has 8 heteroatoms. The van der Waals surface area contributed by atoms with Crippen molar-refractivity contribution in [3.63, 3.8) is 0 Å². The first-order valence-electron chi connectivity index (χ1n) is 8.41. The van der Waals surface area contributed by atoms with Crippen LogP contribution in [0, 0.1) is 11.3 Å². The fourth-order valence-corrected chi connectivity index (χ4v) is 4.19. The molecule has 27 heavy (non-hydrogen) atoms. The number of nitrogens with two attached hydrogens (primary N) is 1. The molecular formula is C19H19N3O4S. The number of amides is 1. The van der Waals surface area contributed by atoms with E-state index in [-0.39, 0.29) is 23.0 Å². The first kappa shape index (κ1) is 18.9. The first-order chi connectivity index (χ1) is 13.0. The van der Waals surface area contributed by atoms with Crippen molar-refractivity contribution < 1.29 is 19.4 Å². The molecule has 7 nitrogen and oxygen atoms in total. The molecule has 1 atom stereocenters. The minimum atomic E-state index is -0.580. The number of nitriles is 1. The number of allylic oxidation sites excluding steroid dienone is 3. The van der Waals surface area contributed by atoms with Gasteiger partial charge in [0.2, 0.25) is 5.91 Å². The highest BCUT2D eigenvalue weighted by Gasteiger charge is 2.37. The van der Waals surface area contributed by atoms with E-state index in [0.29, 0.717) is 34.6 Å². The Balaban J connectivity index is 2.15. The quantitative estimate of drug-likeness (QED) is 0.708. The maximum atomic E-state index is 12.7. The number of ketones is 1. The average molecular weight is 385 g/mol.